The topological polar surface area (TPSA) is 346 Å². The minimum Gasteiger partial charge on any atom is -0.790 e. The molecule has 0 aromatic carbocycles. The fraction of sp³-hybridized carbons (Fsp3) is 0.927. The van der Waals surface area contributed by atoms with Gasteiger partial charge in [0.15, 0.2) is 6.10 Å². The summed E-state index contributed by atoms with van der Waals surface area (Å²) in [5, 5.41) is 34.4. The van der Waals surface area contributed by atoms with Crippen molar-refractivity contribution in [3.8, 4) is 0 Å². The summed E-state index contributed by atoms with van der Waals surface area (Å²) >= 11 is 0. The second-order valence-corrected chi connectivity index (χ2v) is 20.2. The van der Waals surface area contributed by atoms with Gasteiger partial charge in [-0.15, -0.1) is 0 Å². The van der Waals surface area contributed by atoms with Crippen molar-refractivity contribution in [1.82, 2.24) is 5.32 Å². The van der Waals surface area contributed by atoms with E-state index in [0.717, 1.165) is 89.9 Å². The molecule has 1 amide bonds. The van der Waals surface area contributed by atoms with E-state index in [9.17, 15) is 67.9 Å². The number of amides is 1. The average Bonchev–Trinajstić information content (AvgIpc) is 3.22. The van der Waals surface area contributed by atoms with Crippen LogP contribution in [-0.4, -0.2) is 95.7 Å². The SMILES string of the molecule is CCCCCCCCCCCCCCCC(=O)O[C@@H](COC(=O)CCCCCCCCCCCNC(=O)CCC)COP(=O)([O-])OC1C(O)[C@@H](OP(=O)([O-])[O-])C(OP(=O)([O-])[O-])[C@@H](O)[C@H]1O.[Na+].[Na+].[Na+].[Na+].[Na+]. The molecular formula is C41H75NNa5O20P3. The van der Waals surface area contributed by atoms with E-state index in [-0.39, 0.29) is 167 Å². The first-order valence-corrected chi connectivity index (χ1v) is 27.8. The summed E-state index contributed by atoms with van der Waals surface area (Å²) < 4.78 is 63.6. The van der Waals surface area contributed by atoms with Crippen molar-refractivity contribution in [2.24, 2.45) is 0 Å². The third-order valence-corrected chi connectivity index (χ3v) is 12.7. The van der Waals surface area contributed by atoms with Crippen LogP contribution in [0.3, 0.4) is 0 Å². The van der Waals surface area contributed by atoms with Gasteiger partial charge in [0, 0.05) is 25.8 Å². The summed E-state index contributed by atoms with van der Waals surface area (Å²) in [5.41, 5.74) is 0. The van der Waals surface area contributed by atoms with E-state index in [1.54, 1.807) is 0 Å². The molecule has 8 atom stereocenters. The smallest absolute Gasteiger partial charge is 0.790 e. The van der Waals surface area contributed by atoms with Crippen LogP contribution >= 0.6 is 23.5 Å². The van der Waals surface area contributed by atoms with Crippen LogP contribution in [0.2, 0.25) is 0 Å². The molecule has 1 aliphatic carbocycles. The molecule has 0 aromatic rings. The standard InChI is InChI=1S/C41H80NO20P3.5Na/c1-3-5-6-7-8-9-10-11-12-14-18-21-24-28-35(45)59-32(30-57-34(44)27-23-20-17-15-13-16-19-22-25-29-42-33(43)26-4-2)31-58-65(55,56)62-39-36(46)37(47)40(60-63(49,50)51)41(38(39)48)61-64(52,53)54;;;;;/h32,36-41,46-48H,3-31H2,1-2H3,(H,42,43)(H,55,56)(H2,49,50,51)(H2,52,53,54);;;;;/q;5*+1/p-5/t32-,36+,37-,38?,39?,40?,41+;;;;;/m0...../s1. The van der Waals surface area contributed by atoms with Crippen LogP contribution in [0.25, 0.3) is 0 Å². The number of nitrogens with one attached hydrogen (secondary N) is 1. The van der Waals surface area contributed by atoms with Crippen LogP contribution in [0.5, 0.6) is 0 Å². The number of hydrogen-bond donors (Lipinski definition) is 4. The molecule has 21 nitrogen and oxygen atoms in total. The molecule has 4 N–H and O–H groups in total. The quantitative estimate of drug-likeness (QED) is 0.0192. The zero-order chi connectivity index (χ0) is 48.7. The van der Waals surface area contributed by atoms with E-state index in [0.29, 0.717) is 25.8 Å². The summed E-state index contributed by atoms with van der Waals surface area (Å²) in [7, 11) is -18.0. The van der Waals surface area contributed by atoms with Crippen molar-refractivity contribution < 1.29 is 243 Å². The maximum absolute atomic E-state index is 12.9. The second kappa shape index (κ2) is 48.5. The summed E-state index contributed by atoms with van der Waals surface area (Å²) in [6.45, 7) is 3.17. The Morgan fingerprint density at radius 3 is 1.30 bits per heavy atom. The summed E-state index contributed by atoms with van der Waals surface area (Å²) in [5.74, 6) is -1.33. The van der Waals surface area contributed by atoms with E-state index in [4.69, 9.17) is 14.0 Å². The van der Waals surface area contributed by atoms with Gasteiger partial charge in [0.2, 0.25) is 5.91 Å². The van der Waals surface area contributed by atoms with Crippen molar-refractivity contribution in [2.75, 3.05) is 19.8 Å². The molecule has 1 rings (SSSR count). The third kappa shape index (κ3) is 43.5. The molecule has 1 aliphatic rings. The number of carbonyl (C=O) groups excluding carboxylic acids is 3. The van der Waals surface area contributed by atoms with Gasteiger partial charge in [-0.05, 0) is 25.7 Å². The molecule has 1 fully saturated rings. The van der Waals surface area contributed by atoms with Gasteiger partial charge in [-0.2, -0.15) is 0 Å². The van der Waals surface area contributed by atoms with Crippen molar-refractivity contribution in [1.29, 1.82) is 0 Å². The molecule has 0 saturated heterocycles. The van der Waals surface area contributed by atoms with Crippen LogP contribution in [0.15, 0.2) is 0 Å². The Morgan fingerprint density at radius 2 is 0.871 bits per heavy atom. The molecule has 0 spiro atoms. The van der Waals surface area contributed by atoms with Crippen molar-refractivity contribution in [3.63, 3.8) is 0 Å². The molecule has 0 heterocycles. The summed E-state index contributed by atoms with van der Waals surface area (Å²) in [6.07, 6.45) is 5.99. The predicted molar refractivity (Wildman–Crippen MR) is 227 cm³/mol. The van der Waals surface area contributed by atoms with E-state index >= 15 is 0 Å². The van der Waals surface area contributed by atoms with Crippen LogP contribution in [0.1, 0.15) is 181 Å². The minimum absolute atomic E-state index is 0. The predicted octanol–water partition coefficient (Wildman–Crippen LogP) is -11.8. The number of aliphatic hydroxyl groups excluding tert-OH is 3. The number of hydrogen-bond acceptors (Lipinski definition) is 20. The first kappa shape index (κ1) is 82.5. The number of rotatable bonds is 40. The monoisotopic (exact) mass is 1110 g/mol. The third-order valence-electron chi connectivity index (χ3n) is 10.8. The zero-order valence-electron chi connectivity index (χ0n) is 43.2. The molecule has 0 aliphatic heterocycles. The minimum atomic E-state index is -6.16. The van der Waals surface area contributed by atoms with Gasteiger partial charge < -0.3 is 81.8 Å². The molecule has 384 valence electrons. The van der Waals surface area contributed by atoms with Gasteiger partial charge in [-0.1, -0.05) is 136 Å². The Balaban J connectivity index is -0.00000282. The number of aliphatic hydroxyl groups is 3. The number of ether oxygens (including phenoxy) is 2. The van der Waals surface area contributed by atoms with Crippen LogP contribution in [0.4, 0.5) is 0 Å². The number of esters is 2. The van der Waals surface area contributed by atoms with Gasteiger partial charge in [0.25, 0.3) is 7.82 Å². The number of phosphoric acid groups is 3. The Morgan fingerprint density at radius 1 is 0.486 bits per heavy atom. The molecule has 0 bridgehead atoms. The Kier molecular flexibility index (Phi) is 57.2. The fourth-order valence-corrected chi connectivity index (χ4v) is 9.31. The molecule has 0 radical (unpaired) electrons. The van der Waals surface area contributed by atoms with Gasteiger partial charge in [-0.3, -0.25) is 18.9 Å². The van der Waals surface area contributed by atoms with E-state index in [1.165, 1.54) is 44.9 Å². The number of unbranched alkanes of at least 4 members (excludes halogenated alkanes) is 20. The average molecular weight is 1110 g/mol. The van der Waals surface area contributed by atoms with Gasteiger partial charge >= 0.3 is 160 Å². The molecule has 1 saturated carbocycles. The van der Waals surface area contributed by atoms with E-state index < -0.39 is 91.3 Å². The molecule has 4 unspecified atom stereocenters. The Hall–Kier alpha value is 3.62. The summed E-state index contributed by atoms with van der Waals surface area (Å²) in [6, 6.07) is 0. The van der Waals surface area contributed by atoms with Gasteiger partial charge in [0.05, 0.1) is 22.3 Å². The van der Waals surface area contributed by atoms with E-state index in [2.05, 4.69) is 25.8 Å². The van der Waals surface area contributed by atoms with Crippen LogP contribution < -0.4 is 178 Å². The molecule has 29 heteroatoms. The fourth-order valence-electron chi connectivity index (χ4n) is 7.27. The van der Waals surface area contributed by atoms with Crippen molar-refractivity contribution in [3.05, 3.63) is 0 Å². The van der Waals surface area contributed by atoms with Crippen LogP contribution in [-0.2, 0) is 55.6 Å². The Bertz CT molecular complexity index is 1470. The molecule has 70 heavy (non-hydrogen) atoms. The van der Waals surface area contributed by atoms with Crippen molar-refractivity contribution >= 4 is 41.3 Å². The Labute approximate surface area is 526 Å². The zero-order valence-corrected chi connectivity index (χ0v) is 55.9. The van der Waals surface area contributed by atoms with Gasteiger partial charge in [0.1, 0.15) is 43.2 Å². The molecule has 0 aromatic heterocycles. The van der Waals surface area contributed by atoms with E-state index in [1.807, 2.05) is 6.92 Å². The van der Waals surface area contributed by atoms with Crippen LogP contribution in [0, 0.1) is 0 Å². The normalized spacial score (nSPS) is 20.1. The largest absolute Gasteiger partial charge is 1.00 e. The molecular weight excluding hydrogens is 1030 g/mol. The maximum Gasteiger partial charge on any atom is 1.00 e. The number of phosphoric ester groups is 3. The number of carbonyl (C=O) groups is 3. The first-order chi connectivity index (χ1) is 30.7. The maximum atomic E-state index is 12.9. The first-order valence-electron chi connectivity index (χ1n) is 23.4. The van der Waals surface area contributed by atoms with Gasteiger partial charge in [-0.25, -0.2) is 0 Å². The summed E-state index contributed by atoms with van der Waals surface area (Å²) in [4.78, 5) is 94.9. The van der Waals surface area contributed by atoms with Crippen molar-refractivity contribution in [2.45, 2.75) is 224 Å². The second-order valence-electron chi connectivity index (χ2n) is 16.6.